The number of thioether (sulfide) groups is 1. The second kappa shape index (κ2) is 6.52. The summed E-state index contributed by atoms with van der Waals surface area (Å²) in [5, 5.41) is 8.93. The van der Waals surface area contributed by atoms with Gasteiger partial charge in [-0.3, -0.25) is 13.8 Å². The van der Waals surface area contributed by atoms with Crippen molar-refractivity contribution in [2.45, 2.75) is 17.8 Å². The molecule has 0 radical (unpaired) electrons. The molecule has 0 saturated carbocycles. The summed E-state index contributed by atoms with van der Waals surface area (Å²) in [5.74, 6) is 0.547. The average Bonchev–Trinajstić information content (AvgIpc) is 3.09. The van der Waals surface area contributed by atoms with Crippen LogP contribution in [0.4, 0.5) is 0 Å². The summed E-state index contributed by atoms with van der Waals surface area (Å²) < 4.78 is 3.47. The normalized spacial score (nSPS) is 11.1. The Morgan fingerprint density at radius 1 is 1.12 bits per heavy atom. The third-order valence-corrected chi connectivity index (χ3v) is 4.75. The topological polar surface area (TPSA) is 65.1 Å². The van der Waals surface area contributed by atoms with E-state index in [0.29, 0.717) is 11.4 Å². The van der Waals surface area contributed by atoms with E-state index in [9.17, 15) is 4.79 Å². The first-order valence-corrected chi connectivity index (χ1v) is 8.76. The van der Waals surface area contributed by atoms with Gasteiger partial charge in [-0.2, -0.15) is 0 Å². The summed E-state index contributed by atoms with van der Waals surface area (Å²) in [6.07, 6.45) is 3.44. The molecule has 0 saturated heterocycles. The van der Waals surface area contributed by atoms with Gasteiger partial charge in [0.15, 0.2) is 5.16 Å². The quantitative estimate of drug-likeness (QED) is 0.530. The first kappa shape index (κ1) is 15.6. The third-order valence-electron chi connectivity index (χ3n) is 3.78. The summed E-state index contributed by atoms with van der Waals surface area (Å²) in [4.78, 5) is 16.8. The van der Waals surface area contributed by atoms with Gasteiger partial charge >= 0.3 is 0 Å². The molecule has 0 fully saturated rings. The zero-order valence-electron chi connectivity index (χ0n) is 13.5. The lowest BCUT2D eigenvalue weighted by atomic mass is 10.3. The van der Waals surface area contributed by atoms with Gasteiger partial charge in [-0.15, -0.1) is 10.2 Å². The molecule has 7 heteroatoms. The van der Waals surface area contributed by atoms with Crippen LogP contribution in [0.2, 0.25) is 0 Å². The second-order valence-electron chi connectivity index (χ2n) is 5.63. The van der Waals surface area contributed by atoms with Crippen LogP contribution in [0.25, 0.3) is 11.3 Å². The summed E-state index contributed by atoms with van der Waals surface area (Å²) in [5.41, 5.74) is 3.37. The number of nitrogens with zero attached hydrogens (tertiary/aromatic N) is 5. The highest BCUT2D eigenvalue weighted by Gasteiger charge is 2.09. The van der Waals surface area contributed by atoms with Crippen LogP contribution >= 0.6 is 11.8 Å². The molecule has 4 rings (SSSR count). The predicted octanol–water partition coefficient (Wildman–Crippen LogP) is 2.88. The van der Waals surface area contributed by atoms with Gasteiger partial charge in [0.1, 0.15) is 12.0 Å². The molecule has 0 atom stereocenters. The molecule has 0 aliphatic heterocycles. The zero-order chi connectivity index (χ0) is 17.2. The smallest absolute Gasteiger partial charge is 0.258 e. The standard InChI is InChI=1S/C18H15N5OS/c1-13-7-8-22-16(9-13)20-14(10-17(22)24)11-25-18-21-19-12-23(18)15-5-3-2-4-6-15/h2-10,12H,11H2,1H3. The molecular weight excluding hydrogens is 334 g/mol. The third kappa shape index (κ3) is 3.18. The highest BCUT2D eigenvalue weighted by atomic mass is 32.2. The Hall–Kier alpha value is -2.93. The van der Waals surface area contributed by atoms with Gasteiger partial charge < -0.3 is 0 Å². The highest BCUT2D eigenvalue weighted by molar-refractivity contribution is 7.98. The fraction of sp³-hybridized carbons (Fsp3) is 0.111. The van der Waals surface area contributed by atoms with Crippen molar-refractivity contribution in [1.29, 1.82) is 0 Å². The Labute approximate surface area is 148 Å². The van der Waals surface area contributed by atoms with Gasteiger partial charge in [-0.05, 0) is 36.8 Å². The SMILES string of the molecule is Cc1ccn2c(=O)cc(CSc3nncn3-c3ccccc3)nc2c1. The summed E-state index contributed by atoms with van der Waals surface area (Å²) >= 11 is 1.50. The number of aromatic nitrogens is 5. The highest BCUT2D eigenvalue weighted by Crippen LogP contribution is 2.22. The van der Waals surface area contributed by atoms with Crippen molar-refractivity contribution in [2.75, 3.05) is 0 Å². The van der Waals surface area contributed by atoms with Crippen LogP contribution in [-0.4, -0.2) is 24.1 Å². The second-order valence-corrected chi connectivity index (χ2v) is 6.57. The number of pyridine rings is 1. The molecule has 4 aromatic rings. The van der Waals surface area contributed by atoms with E-state index in [4.69, 9.17) is 0 Å². The number of para-hydroxylation sites is 1. The zero-order valence-corrected chi connectivity index (χ0v) is 14.3. The molecular formula is C18H15N5OS. The van der Waals surface area contributed by atoms with Crippen molar-refractivity contribution in [3.63, 3.8) is 0 Å². The number of rotatable bonds is 4. The van der Waals surface area contributed by atoms with E-state index < -0.39 is 0 Å². The van der Waals surface area contributed by atoms with E-state index in [1.807, 2.05) is 54.0 Å². The van der Waals surface area contributed by atoms with Crippen LogP contribution in [0.15, 0.2) is 71.0 Å². The Bertz CT molecular complexity index is 1090. The Morgan fingerprint density at radius 3 is 2.80 bits per heavy atom. The van der Waals surface area contributed by atoms with Crippen molar-refractivity contribution in [2.24, 2.45) is 0 Å². The number of benzene rings is 1. The molecule has 0 unspecified atom stereocenters. The molecule has 0 aliphatic carbocycles. The molecule has 6 nitrogen and oxygen atoms in total. The number of hydrogen-bond acceptors (Lipinski definition) is 5. The molecule has 1 aromatic carbocycles. The van der Waals surface area contributed by atoms with Gasteiger partial charge in [0.05, 0.1) is 5.69 Å². The summed E-state index contributed by atoms with van der Waals surface area (Å²) in [7, 11) is 0. The van der Waals surface area contributed by atoms with Crippen LogP contribution in [0, 0.1) is 6.92 Å². The van der Waals surface area contributed by atoms with E-state index in [-0.39, 0.29) is 5.56 Å². The van der Waals surface area contributed by atoms with Crippen LogP contribution < -0.4 is 5.56 Å². The minimum atomic E-state index is -0.0786. The summed E-state index contributed by atoms with van der Waals surface area (Å²) in [6, 6.07) is 15.3. The Balaban J connectivity index is 1.62. The lowest BCUT2D eigenvalue weighted by molar-refractivity contribution is 0.882. The minimum absolute atomic E-state index is 0.0786. The Morgan fingerprint density at radius 2 is 1.96 bits per heavy atom. The maximum atomic E-state index is 12.2. The van der Waals surface area contributed by atoms with E-state index in [2.05, 4.69) is 15.2 Å². The monoisotopic (exact) mass is 349 g/mol. The van der Waals surface area contributed by atoms with Gasteiger partial charge in [0.25, 0.3) is 5.56 Å². The first-order chi connectivity index (χ1) is 12.2. The molecule has 3 aromatic heterocycles. The molecule has 0 amide bonds. The lowest BCUT2D eigenvalue weighted by Crippen LogP contribution is -2.15. The summed E-state index contributed by atoms with van der Waals surface area (Å²) in [6.45, 7) is 1.98. The molecule has 0 N–H and O–H groups in total. The first-order valence-electron chi connectivity index (χ1n) is 7.78. The predicted molar refractivity (Wildman–Crippen MR) is 97.1 cm³/mol. The maximum absolute atomic E-state index is 12.2. The molecule has 3 heterocycles. The van der Waals surface area contributed by atoms with E-state index in [0.717, 1.165) is 22.1 Å². The van der Waals surface area contributed by atoms with Crippen molar-refractivity contribution in [3.05, 3.63) is 82.7 Å². The number of hydrogen-bond donors (Lipinski definition) is 0. The van der Waals surface area contributed by atoms with Crippen molar-refractivity contribution < 1.29 is 0 Å². The largest absolute Gasteiger partial charge is 0.277 e. The molecule has 0 aliphatic rings. The van der Waals surface area contributed by atoms with Crippen molar-refractivity contribution in [1.82, 2.24) is 24.1 Å². The van der Waals surface area contributed by atoms with Crippen molar-refractivity contribution in [3.8, 4) is 5.69 Å². The van der Waals surface area contributed by atoms with Crippen molar-refractivity contribution >= 4 is 17.4 Å². The minimum Gasteiger partial charge on any atom is -0.277 e. The van der Waals surface area contributed by atoms with E-state index in [1.54, 1.807) is 23.0 Å². The molecule has 0 spiro atoms. The number of fused-ring (bicyclic) bond motifs is 1. The van der Waals surface area contributed by atoms with Gasteiger partial charge in [0.2, 0.25) is 0 Å². The molecule has 0 bridgehead atoms. The Kier molecular flexibility index (Phi) is 4.07. The number of aryl methyl sites for hydroxylation is 1. The van der Waals surface area contributed by atoms with Crippen LogP contribution in [-0.2, 0) is 5.75 Å². The fourth-order valence-electron chi connectivity index (χ4n) is 2.55. The van der Waals surface area contributed by atoms with Gasteiger partial charge in [-0.25, -0.2) is 4.98 Å². The van der Waals surface area contributed by atoms with Gasteiger partial charge in [-0.1, -0.05) is 30.0 Å². The molecule has 25 heavy (non-hydrogen) atoms. The van der Waals surface area contributed by atoms with Crippen LogP contribution in [0.5, 0.6) is 0 Å². The maximum Gasteiger partial charge on any atom is 0.258 e. The lowest BCUT2D eigenvalue weighted by Gasteiger charge is -2.07. The van der Waals surface area contributed by atoms with E-state index >= 15 is 0 Å². The van der Waals surface area contributed by atoms with Crippen LogP contribution in [0.1, 0.15) is 11.3 Å². The molecule has 124 valence electrons. The fourth-order valence-corrected chi connectivity index (χ4v) is 3.38. The van der Waals surface area contributed by atoms with E-state index in [1.165, 1.54) is 11.8 Å². The van der Waals surface area contributed by atoms with Crippen LogP contribution in [0.3, 0.4) is 0 Å². The van der Waals surface area contributed by atoms with Gasteiger partial charge in [0, 0.05) is 23.7 Å². The average molecular weight is 349 g/mol.